The predicted octanol–water partition coefficient (Wildman–Crippen LogP) is 1.56. The van der Waals surface area contributed by atoms with Crippen LogP contribution >= 0.6 is 11.4 Å². The van der Waals surface area contributed by atoms with E-state index in [1.54, 1.807) is 0 Å². The van der Waals surface area contributed by atoms with Crippen LogP contribution < -0.4 is 0 Å². The summed E-state index contributed by atoms with van der Waals surface area (Å²) in [6.07, 6.45) is 1.19. The van der Waals surface area contributed by atoms with Gasteiger partial charge in [-0.15, -0.1) is 0 Å². The average Bonchev–Trinajstić information content (AvgIpc) is 1.65. The lowest BCUT2D eigenvalue weighted by molar-refractivity contribution is 0.912. The van der Waals surface area contributed by atoms with Gasteiger partial charge in [0.15, 0.2) is 0 Å². The van der Waals surface area contributed by atoms with Gasteiger partial charge in [-0.2, -0.15) is 11.4 Å². The third-order valence-corrected chi connectivity index (χ3v) is 1.72. The maximum absolute atomic E-state index is 5.25. The predicted molar refractivity (Wildman–Crippen MR) is 34.8 cm³/mol. The summed E-state index contributed by atoms with van der Waals surface area (Å²) >= 11 is 1.03. The summed E-state index contributed by atoms with van der Waals surface area (Å²) in [6.45, 7) is 4.28. The first kappa shape index (κ1) is 6.22. The Morgan fingerprint density at radius 2 is 2.33 bits per heavy atom. The van der Waals surface area contributed by atoms with Crippen molar-refractivity contribution in [3.63, 3.8) is 0 Å². The van der Waals surface area contributed by atoms with E-state index in [9.17, 15) is 0 Å². The van der Waals surface area contributed by atoms with Crippen LogP contribution in [0.15, 0.2) is 0 Å². The topological polar surface area (TPSA) is 0 Å². The van der Waals surface area contributed by atoms with E-state index in [0.29, 0.717) is 5.25 Å². The summed E-state index contributed by atoms with van der Waals surface area (Å²) in [5.74, 6) is 5.25. The largest absolute Gasteiger partial charge is 0.197 e. The summed E-state index contributed by atoms with van der Waals surface area (Å²) in [5.41, 5.74) is 0. The van der Waals surface area contributed by atoms with Crippen LogP contribution in [-0.2, 0) is 0 Å². The summed E-state index contributed by atoms with van der Waals surface area (Å²) in [5, 5.41) is 0.685. The highest BCUT2D eigenvalue weighted by molar-refractivity contribution is 7.97. The van der Waals surface area contributed by atoms with E-state index in [1.807, 2.05) is 0 Å². The van der Waals surface area contributed by atoms with Gasteiger partial charge in [0.1, 0.15) is 0 Å². The molecule has 1 heteroatoms. The molecule has 1 atom stereocenters. The van der Waals surface area contributed by atoms with Crippen LogP contribution in [0.1, 0.15) is 20.3 Å². The van der Waals surface area contributed by atoms with Gasteiger partial charge in [-0.05, 0) is 17.5 Å². The molecule has 0 N–H and O–H groups in total. The monoisotopic (exact) mass is 103 g/mol. The van der Waals surface area contributed by atoms with Crippen LogP contribution in [0.4, 0.5) is 0 Å². The van der Waals surface area contributed by atoms with Gasteiger partial charge in [-0.3, -0.25) is 0 Å². The SMILES string of the molecule is [CH]=[SH]C(C)CC. The minimum atomic E-state index is 0.685. The Labute approximate surface area is 43.5 Å². The maximum Gasteiger partial charge on any atom is -0.00612 e. The van der Waals surface area contributed by atoms with Gasteiger partial charge in [-0.1, -0.05) is 13.8 Å². The van der Waals surface area contributed by atoms with Crippen molar-refractivity contribution in [2.45, 2.75) is 25.5 Å². The highest BCUT2D eigenvalue weighted by Gasteiger charge is 1.83. The number of hydrogen-bond acceptors (Lipinski definition) is 0. The second-order valence-electron chi connectivity index (χ2n) is 1.41. The zero-order valence-electron chi connectivity index (χ0n) is 4.31. The second-order valence-corrected chi connectivity index (χ2v) is 2.59. The first-order valence-electron chi connectivity index (χ1n) is 2.21. The molecule has 0 aromatic rings. The van der Waals surface area contributed by atoms with Crippen LogP contribution in [-0.4, -0.2) is 11.1 Å². The van der Waals surface area contributed by atoms with Crippen molar-refractivity contribution in [2.75, 3.05) is 0 Å². The molecule has 1 radical (unpaired) electrons. The quantitative estimate of drug-likeness (QED) is 0.398. The highest BCUT2D eigenvalue weighted by atomic mass is 32.1. The van der Waals surface area contributed by atoms with Gasteiger partial charge in [-0.25, -0.2) is 0 Å². The van der Waals surface area contributed by atoms with Crippen molar-refractivity contribution in [1.29, 1.82) is 0 Å². The Kier molecular flexibility index (Phi) is 3.54. The van der Waals surface area contributed by atoms with E-state index in [1.165, 1.54) is 6.42 Å². The molecule has 37 valence electrons. The second kappa shape index (κ2) is 3.41. The molecule has 0 aliphatic carbocycles. The van der Waals surface area contributed by atoms with Crippen LogP contribution in [0.3, 0.4) is 0 Å². The summed E-state index contributed by atoms with van der Waals surface area (Å²) in [4.78, 5) is 0. The van der Waals surface area contributed by atoms with Crippen molar-refractivity contribution in [1.82, 2.24) is 0 Å². The van der Waals surface area contributed by atoms with Crippen LogP contribution in [0.5, 0.6) is 0 Å². The summed E-state index contributed by atoms with van der Waals surface area (Å²) in [6, 6.07) is 0. The van der Waals surface area contributed by atoms with Gasteiger partial charge < -0.3 is 0 Å². The van der Waals surface area contributed by atoms with E-state index >= 15 is 0 Å². The molecule has 0 rings (SSSR count). The van der Waals surface area contributed by atoms with E-state index in [-0.39, 0.29) is 0 Å². The van der Waals surface area contributed by atoms with E-state index in [2.05, 4.69) is 13.8 Å². The smallest absolute Gasteiger partial charge is 0.00612 e. The fourth-order valence-corrected chi connectivity index (χ4v) is 0.316. The fraction of sp³-hybridized carbons (Fsp3) is 0.800. The molecule has 0 bridgehead atoms. The molecule has 0 amide bonds. The van der Waals surface area contributed by atoms with Gasteiger partial charge >= 0.3 is 0 Å². The lowest BCUT2D eigenvalue weighted by atomic mass is 10.4. The maximum atomic E-state index is 5.25. The minimum Gasteiger partial charge on any atom is -0.197 e. The Morgan fingerprint density at radius 1 is 1.83 bits per heavy atom. The van der Waals surface area contributed by atoms with Gasteiger partial charge in [0.05, 0.1) is 0 Å². The first-order chi connectivity index (χ1) is 2.81. The van der Waals surface area contributed by atoms with E-state index < -0.39 is 0 Å². The molecule has 1 unspecified atom stereocenters. The third-order valence-electron chi connectivity index (χ3n) is 0.845. The fourth-order valence-electron chi connectivity index (χ4n) is 0.105. The van der Waals surface area contributed by atoms with Crippen LogP contribution in [0, 0.1) is 0 Å². The van der Waals surface area contributed by atoms with E-state index in [0.717, 1.165) is 11.4 Å². The molecule has 0 nitrogen and oxygen atoms in total. The molecule has 6 heavy (non-hydrogen) atoms. The van der Waals surface area contributed by atoms with E-state index in [4.69, 9.17) is 5.87 Å². The Hall–Kier alpha value is 0.220. The number of rotatable bonds is 2. The standard InChI is InChI=1S/C5H11S/c1-4-5(2)6-3/h3,5-6H,4H2,1-2H3. The zero-order chi connectivity index (χ0) is 4.99. The normalized spacial score (nSPS) is 14.3. The lowest BCUT2D eigenvalue weighted by Crippen LogP contribution is -1.84. The van der Waals surface area contributed by atoms with Crippen LogP contribution in [0.2, 0.25) is 0 Å². The van der Waals surface area contributed by atoms with Crippen molar-refractivity contribution in [2.24, 2.45) is 0 Å². The molecule has 0 saturated carbocycles. The summed E-state index contributed by atoms with van der Waals surface area (Å²) in [7, 11) is 0. The van der Waals surface area contributed by atoms with Crippen molar-refractivity contribution < 1.29 is 0 Å². The van der Waals surface area contributed by atoms with Gasteiger partial charge in [0, 0.05) is 0 Å². The van der Waals surface area contributed by atoms with Gasteiger partial charge in [0.25, 0.3) is 0 Å². The third kappa shape index (κ3) is 2.46. The van der Waals surface area contributed by atoms with Crippen molar-refractivity contribution >= 4 is 17.2 Å². The minimum absolute atomic E-state index is 0.685. The average molecular weight is 103 g/mol. The van der Waals surface area contributed by atoms with Crippen LogP contribution in [0.25, 0.3) is 0 Å². The molecule has 0 saturated heterocycles. The summed E-state index contributed by atoms with van der Waals surface area (Å²) < 4.78 is 0. The lowest BCUT2D eigenvalue weighted by Gasteiger charge is -1.94. The first-order valence-corrected chi connectivity index (χ1v) is 3.24. The molecular formula is C5H11S. The molecule has 0 aromatic carbocycles. The van der Waals surface area contributed by atoms with Crippen molar-refractivity contribution in [3.05, 3.63) is 0 Å². The Balaban J connectivity index is 2.96. The number of thiol groups is 1. The molecular weight excluding hydrogens is 92.1 g/mol. The molecule has 0 fully saturated rings. The Bertz CT molecular complexity index is 41.2. The zero-order valence-corrected chi connectivity index (χ0v) is 5.20. The van der Waals surface area contributed by atoms with Gasteiger partial charge in [0.2, 0.25) is 0 Å². The molecule has 0 spiro atoms. The number of hydrogen-bond donors (Lipinski definition) is 1. The Morgan fingerprint density at radius 3 is 2.33 bits per heavy atom. The van der Waals surface area contributed by atoms with Crippen molar-refractivity contribution in [3.8, 4) is 0 Å². The molecule has 0 heterocycles. The molecule has 0 aliphatic rings. The molecule has 0 aliphatic heterocycles. The molecule has 0 aromatic heterocycles. The highest BCUT2D eigenvalue weighted by Crippen LogP contribution is 1.99.